The molecule has 0 aliphatic carbocycles. The number of amides is 2. The van der Waals surface area contributed by atoms with Gasteiger partial charge < -0.3 is 10.2 Å². The highest BCUT2D eigenvalue weighted by atomic mass is 32.1. The van der Waals surface area contributed by atoms with Crippen molar-refractivity contribution >= 4 is 45.6 Å². The van der Waals surface area contributed by atoms with Crippen molar-refractivity contribution in [2.45, 2.75) is 19.8 Å². The summed E-state index contributed by atoms with van der Waals surface area (Å²) < 4.78 is 1.71. The molecule has 0 bridgehead atoms. The minimum Gasteiger partial charge on any atom is -0.322 e. The molecule has 3 aromatic heterocycles. The van der Waals surface area contributed by atoms with E-state index in [0.29, 0.717) is 29.9 Å². The molecule has 1 aliphatic rings. The van der Waals surface area contributed by atoms with E-state index in [1.807, 2.05) is 61.8 Å². The normalized spacial score (nSPS) is 13.9. The molecule has 4 heterocycles. The van der Waals surface area contributed by atoms with Gasteiger partial charge in [-0.05, 0) is 49.1 Å². The second-order valence-electron chi connectivity index (χ2n) is 7.59. The van der Waals surface area contributed by atoms with Gasteiger partial charge in [0.2, 0.25) is 5.91 Å². The molecular formula is C23H21N5O2S. The summed E-state index contributed by atoms with van der Waals surface area (Å²) in [6.07, 6.45) is 1.42. The lowest BCUT2D eigenvalue weighted by Crippen LogP contribution is -2.23. The SMILES string of the molecule is Cc1nn(C)c2nc(-c3cccs3)cc(C(=O)Nc3cccc(N4CCCC4=O)c3)c12. The van der Waals surface area contributed by atoms with Crippen LogP contribution in [0.2, 0.25) is 0 Å². The summed E-state index contributed by atoms with van der Waals surface area (Å²) in [4.78, 5) is 32.9. The van der Waals surface area contributed by atoms with Gasteiger partial charge in [0.05, 0.1) is 27.2 Å². The molecule has 0 unspecified atom stereocenters. The van der Waals surface area contributed by atoms with Gasteiger partial charge in [0.15, 0.2) is 5.65 Å². The van der Waals surface area contributed by atoms with Crippen LogP contribution >= 0.6 is 11.3 Å². The number of carbonyl (C=O) groups is 2. The molecule has 5 rings (SSSR count). The molecule has 4 aromatic rings. The first kappa shape index (κ1) is 19.4. The predicted molar refractivity (Wildman–Crippen MR) is 123 cm³/mol. The topological polar surface area (TPSA) is 80.1 Å². The average molecular weight is 432 g/mol. The van der Waals surface area contributed by atoms with Gasteiger partial charge in [-0.15, -0.1) is 11.3 Å². The monoisotopic (exact) mass is 431 g/mol. The van der Waals surface area contributed by atoms with E-state index in [9.17, 15) is 9.59 Å². The molecule has 8 heteroatoms. The Kier molecular flexibility index (Phi) is 4.78. The summed E-state index contributed by atoms with van der Waals surface area (Å²) in [5.41, 5.74) is 4.14. The largest absolute Gasteiger partial charge is 0.322 e. The number of thiophene rings is 1. The fourth-order valence-corrected chi connectivity index (χ4v) is 4.73. The van der Waals surface area contributed by atoms with Gasteiger partial charge >= 0.3 is 0 Å². The maximum atomic E-state index is 13.4. The first-order valence-electron chi connectivity index (χ1n) is 10.1. The Morgan fingerprint density at radius 3 is 2.81 bits per heavy atom. The molecule has 0 spiro atoms. The van der Waals surface area contributed by atoms with Crippen LogP contribution in [0.3, 0.4) is 0 Å². The maximum Gasteiger partial charge on any atom is 0.256 e. The number of rotatable bonds is 4. The van der Waals surface area contributed by atoms with E-state index >= 15 is 0 Å². The number of aryl methyl sites for hydroxylation is 2. The predicted octanol–water partition coefficient (Wildman–Crippen LogP) is 4.38. The number of hydrogen-bond acceptors (Lipinski definition) is 5. The quantitative estimate of drug-likeness (QED) is 0.520. The van der Waals surface area contributed by atoms with E-state index in [-0.39, 0.29) is 11.8 Å². The highest BCUT2D eigenvalue weighted by Crippen LogP contribution is 2.30. The number of anilines is 2. The molecule has 1 aliphatic heterocycles. The molecule has 156 valence electrons. The van der Waals surface area contributed by atoms with E-state index in [1.165, 1.54) is 0 Å². The van der Waals surface area contributed by atoms with Crippen LogP contribution in [-0.2, 0) is 11.8 Å². The Bertz CT molecular complexity index is 1310. The second-order valence-corrected chi connectivity index (χ2v) is 8.54. The summed E-state index contributed by atoms with van der Waals surface area (Å²) in [7, 11) is 1.83. The molecule has 1 N–H and O–H groups in total. The van der Waals surface area contributed by atoms with E-state index in [4.69, 9.17) is 4.98 Å². The van der Waals surface area contributed by atoms with Crippen LogP contribution in [0.15, 0.2) is 47.8 Å². The summed E-state index contributed by atoms with van der Waals surface area (Å²) >= 11 is 1.58. The zero-order valence-corrected chi connectivity index (χ0v) is 18.1. The molecule has 1 saturated heterocycles. The van der Waals surface area contributed by atoms with Crippen molar-refractivity contribution in [2.24, 2.45) is 7.05 Å². The van der Waals surface area contributed by atoms with Crippen LogP contribution in [0.5, 0.6) is 0 Å². The van der Waals surface area contributed by atoms with Crippen LogP contribution < -0.4 is 10.2 Å². The summed E-state index contributed by atoms with van der Waals surface area (Å²) in [5.74, 6) is -0.114. The molecule has 1 fully saturated rings. The smallest absolute Gasteiger partial charge is 0.256 e. The number of benzene rings is 1. The lowest BCUT2D eigenvalue weighted by atomic mass is 10.1. The van der Waals surface area contributed by atoms with Crippen LogP contribution in [0, 0.1) is 6.92 Å². The van der Waals surface area contributed by atoms with E-state index in [0.717, 1.165) is 33.8 Å². The molecule has 31 heavy (non-hydrogen) atoms. The fourth-order valence-electron chi connectivity index (χ4n) is 4.05. The zero-order chi connectivity index (χ0) is 21.5. The lowest BCUT2D eigenvalue weighted by molar-refractivity contribution is -0.117. The number of nitrogens with zero attached hydrogens (tertiary/aromatic N) is 4. The standard InChI is InChI=1S/C23H21N5O2S/c1-14-21-17(13-18(19-8-5-11-31-19)25-22(21)27(2)26-14)23(30)24-15-6-3-7-16(12-15)28-10-4-9-20(28)29/h3,5-8,11-13H,4,9-10H2,1-2H3,(H,24,30). The fraction of sp³-hybridized carbons (Fsp3) is 0.217. The van der Waals surface area contributed by atoms with Gasteiger partial charge in [-0.1, -0.05) is 12.1 Å². The van der Waals surface area contributed by atoms with Crippen molar-refractivity contribution in [1.82, 2.24) is 14.8 Å². The van der Waals surface area contributed by atoms with Crippen molar-refractivity contribution < 1.29 is 9.59 Å². The Morgan fingerprint density at radius 1 is 1.19 bits per heavy atom. The number of fused-ring (bicyclic) bond motifs is 1. The lowest BCUT2D eigenvalue weighted by Gasteiger charge is -2.17. The van der Waals surface area contributed by atoms with Crippen LogP contribution in [0.4, 0.5) is 11.4 Å². The van der Waals surface area contributed by atoms with Gasteiger partial charge in [0, 0.05) is 31.4 Å². The molecule has 0 saturated carbocycles. The summed E-state index contributed by atoms with van der Waals surface area (Å²) in [6.45, 7) is 2.59. The van der Waals surface area contributed by atoms with Crippen LogP contribution in [-0.4, -0.2) is 33.1 Å². The van der Waals surface area contributed by atoms with Crippen molar-refractivity contribution in [3.8, 4) is 10.6 Å². The van der Waals surface area contributed by atoms with E-state index in [1.54, 1.807) is 20.9 Å². The minimum absolute atomic E-state index is 0.117. The third-order valence-corrected chi connectivity index (χ3v) is 6.37. The number of carbonyl (C=O) groups excluding carboxylic acids is 2. The minimum atomic E-state index is -0.230. The number of hydrogen-bond donors (Lipinski definition) is 1. The van der Waals surface area contributed by atoms with E-state index in [2.05, 4.69) is 10.4 Å². The molecule has 1 aromatic carbocycles. The van der Waals surface area contributed by atoms with Gasteiger partial charge in [0.25, 0.3) is 5.91 Å². The van der Waals surface area contributed by atoms with Gasteiger partial charge in [0.1, 0.15) is 0 Å². The third kappa shape index (κ3) is 3.48. The Morgan fingerprint density at radius 2 is 2.06 bits per heavy atom. The van der Waals surface area contributed by atoms with Gasteiger partial charge in [-0.25, -0.2) is 4.98 Å². The number of aromatic nitrogens is 3. The van der Waals surface area contributed by atoms with Crippen molar-refractivity contribution in [2.75, 3.05) is 16.8 Å². The van der Waals surface area contributed by atoms with Crippen LogP contribution in [0.25, 0.3) is 21.6 Å². The van der Waals surface area contributed by atoms with Crippen molar-refractivity contribution in [3.63, 3.8) is 0 Å². The maximum absolute atomic E-state index is 13.4. The molecular weight excluding hydrogens is 410 g/mol. The Hall–Kier alpha value is -3.52. The number of nitrogens with one attached hydrogen (secondary N) is 1. The molecule has 0 radical (unpaired) electrons. The zero-order valence-electron chi connectivity index (χ0n) is 17.3. The first-order valence-corrected chi connectivity index (χ1v) is 11.0. The Balaban J connectivity index is 1.53. The Labute approximate surface area is 183 Å². The van der Waals surface area contributed by atoms with Crippen molar-refractivity contribution in [1.29, 1.82) is 0 Å². The molecule has 7 nitrogen and oxygen atoms in total. The molecule has 0 atom stereocenters. The average Bonchev–Trinajstić information content (AvgIpc) is 3.49. The number of pyridine rings is 1. The molecule has 2 amide bonds. The summed E-state index contributed by atoms with van der Waals surface area (Å²) in [6, 6.07) is 13.2. The van der Waals surface area contributed by atoms with Crippen LogP contribution in [0.1, 0.15) is 28.9 Å². The van der Waals surface area contributed by atoms with Crippen molar-refractivity contribution in [3.05, 3.63) is 59.1 Å². The first-order chi connectivity index (χ1) is 15.0. The highest BCUT2D eigenvalue weighted by molar-refractivity contribution is 7.13. The highest BCUT2D eigenvalue weighted by Gasteiger charge is 2.23. The van der Waals surface area contributed by atoms with Gasteiger partial charge in [-0.3, -0.25) is 14.3 Å². The summed E-state index contributed by atoms with van der Waals surface area (Å²) in [5, 5.41) is 10.2. The second kappa shape index (κ2) is 7.63. The van der Waals surface area contributed by atoms with E-state index < -0.39 is 0 Å². The third-order valence-electron chi connectivity index (χ3n) is 5.48. The van der Waals surface area contributed by atoms with Gasteiger partial charge in [-0.2, -0.15) is 5.10 Å².